The molecule has 0 spiro atoms. The van der Waals surface area contributed by atoms with Crippen LogP contribution in [0.1, 0.15) is 43.7 Å². The first kappa shape index (κ1) is 15.2. The van der Waals surface area contributed by atoms with Gasteiger partial charge in [0.05, 0.1) is 0 Å². The Labute approximate surface area is 114 Å². The summed E-state index contributed by atoms with van der Waals surface area (Å²) in [6.07, 6.45) is 7.53. The maximum atomic E-state index is 13.0. The molecule has 0 saturated heterocycles. The Kier molecular flexibility index (Phi) is 6.99. The summed E-state index contributed by atoms with van der Waals surface area (Å²) in [5.41, 5.74) is 0.976. The van der Waals surface area contributed by atoms with Crippen LogP contribution in [0, 0.1) is 5.82 Å². The predicted molar refractivity (Wildman–Crippen MR) is 76.5 cm³/mol. The molecule has 0 aliphatic carbocycles. The SMILES string of the molecule is C=CCCCCCC(NC)c1ccc(F)cc1Cl. The highest BCUT2D eigenvalue weighted by atomic mass is 35.5. The quantitative estimate of drug-likeness (QED) is 0.524. The van der Waals surface area contributed by atoms with Gasteiger partial charge < -0.3 is 5.32 Å². The Morgan fingerprint density at radius 1 is 1.39 bits per heavy atom. The zero-order valence-corrected chi connectivity index (χ0v) is 11.6. The molecule has 18 heavy (non-hydrogen) atoms. The number of unbranched alkanes of at least 4 members (excludes halogenated alkanes) is 3. The van der Waals surface area contributed by atoms with Crippen molar-refractivity contribution in [3.63, 3.8) is 0 Å². The summed E-state index contributed by atoms with van der Waals surface area (Å²) in [5, 5.41) is 3.74. The molecule has 1 aromatic rings. The van der Waals surface area contributed by atoms with E-state index in [0.29, 0.717) is 5.02 Å². The number of nitrogens with one attached hydrogen (secondary N) is 1. The van der Waals surface area contributed by atoms with E-state index in [1.807, 2.05) is 13.1 Å². The van der Waals surface area contributed by atoms with Crippen LogP contribution in [-0.2, 0) is 0 Å². The zero-order valence-electron chi connectivity index (χ0n) is 10.9. The van der Waals surface area contributed by atoms with Crippen molar-refractivity contribution in [3.05, 3.63) is 47.3 Å². The van der Waals surface area contributed by atoms with Crippen LogP contribution in [0.5, 0.6) is 0 Å². The summed E-state index contributed by atoms with van der Waals surface area (Å²) in [6.45, 7) is 3.71. The summed E-state index contributed by atoms with van der Waals surface area (Å²) >= 11 is 6.07. The Morgan fingerprint density at radius 3 is 2.78 bits per heavy atom. The lowest BCUT2D eigenvalue weighted by molar-refractivity contribution is 0.507. The minimum atomic E-state index is -0.287. The molecule has 3 heteroatoms. The van der Waals surface area contributed by atoms with Crippen LogP contribution in [0.2, 0.25) is 5.02 Å². The van der Waals surface area contributed by atoms with Gasteiger partial charge >= 0.3 is 0 Å². The fourth-order valence-electron chi connectivity index (χ4n) is 2.05. The summed E-state index contributed by atoms with van der Waals surface area (Å²) in [6, 6.07) is 4.80. The van der Waals surface area contributed by atoms with E-state index in [9.17, 15) is 4.39 Å². The molecule has 1 unspecified atom stereocenters. The van der Waals surface area contributed by atoms with Gasteiger partial charge in [0.25, 0.3) is 0 Å². The van der Waals surface area contributed by atoms with Crippen LogP contribution >= 0.6 is 11.6 Å². The van der Waals surface area contributed by atoms with Gasteiger partial charge in [-0.25, -0.2) is 4.39 Å². The molecule has 1 rings (SSSR count). The van der Waals surface area contributed by atoms with Crippen LogP contribution in [0.15, 0.2) is 30.9 Å². The van der Waals surface area contributed by atoms with Crippen molar-refractivity contribution in [2.24, 2.45) is 0 Å². The van der Waals surface area contributed by atoms with Gasteiger partial charge in [0.1, 0.15) is 5.82 Å². The van der Waals surface area contributed by atoms with E-state index in [0.717, 1.165) is 24.8 Å². The lowest BCUT2D eigenvalue weighted by atomic mass is 10.00. The van der Waals surface area contributed by atoms with Crippen molar-refractivity contribution in [2.75, 3.05) is 7.05 Å². The molecular weight excluding hydrogens is 249 g/mol. The first-order chi connectivity index (χ1) is 8.69. The van der Waals surface area contributed by atoms with Gasteiger partial charge in [0, 0.05) is 11.1 Å². The first-order valence-electron chi connectivity index (χ1n) is 6.42. The molecule has 0 fully saturated rings. The van der Waals surface area contributed by atoms with Gasteiger partial charge in [0.2, 0.25) is 0 Å². The minimum Gasteiger partial charge on any atom is -0.313 e. The summed E-state index contributed by atoms with van der Waals surface area (Å²) in [7, 11) is 1.91. The molecule has 0 heterocycles. The molecule has 0 aromatic heterocycles. The second-order valence-corrected chi connectivity index (χ2v) is 4.84. The number of hydrogen-bond acceptors (Lipinski definition) is 1. The van der Waals surface area contributed by atoms with Gasteiger partial charge in [-0.1, -0.05) is 36.6 Å². The van der Waals surface area contributed by atoms with Crippen molar-refractivity contribution in [1.29, 1.82) is 0 Å². The van der Waals surface area contributed by atoms with Crippen LogP contribution < -0.4 is 5.32 Å². The van der Waals surface area contributed by atoms with E-state index in [4.69, 9.17) is 11.6 Å². The van der Waals surface area contributed by atoms with Crippen molar-refractivity contribution < 1.29 is 4.39 Å². The number of rotatable bonds is 8. The summed E-state index contributed by atoms with van der Waals surface area (Å²) in [4.78, 5) is 0. The van der Waals surface area contributed by atoms with Crippen LogP contribution in [0.4, 0.5) is 4.39 Å². The fourth-order valence-corrected chi connectivity index (χ4v) is 2.35. The highest BCUT2D eigenvalue weighted by Gasteiger charge is 2.12. The lowest BCUT2D eigenvalue weighted by Crippen LogP contribution is -2.16. The molecular formula is C15H21ClFN. The van der Waals surface area contributed by atoms with Crippen molar-refractivity contribution in [3.8, 4) is 0 Å². The highest BCUT2D eigenvalue weighted by molar-refractivity contribution is 6.31. The van der Waals surface area contributed by atoms with Crippen LogP contribution in [-0.4, -0.2) is 7.05 Å². The lowest BCUT2D eigenvalue weighted by Gasteiger charge is -2.18. The largest absolute Gasteiger partial charge is 0.313 e. The zero-order chi connectivity index (χ0) is 13.4. The third-order valence-corrected chi connectivity index (χ3v) is 3.41. The van der Waals surface area contributed by atoms with Crippen molar-refractivity contribution in [1.82, 2.24) is 5.32 Å². The third-order valence-electron chi connectivity index (χ3n) is 3.09. The molecule has 100 valence electrons. The molecule has 1 aromatic carbocycles. The van der Waals surface area contributed by atoms with Gasteiger partial charge in [-0.05, 0) is 44.0 Å². The Bertz CT molecular complexity index is 379. The van der Waals surface area contributed by atoms with E-state index in [1.54, 1.807) is 6.07 Å². The minimum absolute atomic E-state index is 0.196. The molecule has 1 nitrogen and oxygen atoms in total. The molecule has 0 saturated carbocycles. The first-order valence-corrected chi connectivity index (χ1v) is 6.80. The monoisotopic (exact) mass is 269 g/mol. The summed E-state index contributed by atoms with van der Waals surface area (Å²) < 4.78 is 13.0. The van der Waals surface area contributed by atoms with Gasteiger partial charge in [-0.3, -0.25) is 0 Å². The molecule has 1 atom stereocenters. The second kappa shape index (κ2) is 8.28. The van der Waals surface area contributed by atoms with E-state index in [1.165, 1.54) is 25.0 Å². The van der Waals surface area contributed by atoms with Crippen LogP contribution in [0.3, 0.4) is 0 Å². The Balaban J connectivity index is 2.52. The number of halogens is 2. The highest BCUT2D eigenvalue weighted by Crippen LogP contribution is 2.27. The van der Waals surface area contributed by atoms with Gasteiger partial charge in [0.15, 0.2) is 0 Å². The molecule has 0 aliphatic rings. The van der Waals surface area contributed by atoms with Crippen molar-refractivity contribution >= 4 is 11.6 Å². The van der Waals surface area contributed by atoms with Crippen molar-refractivity contribution in [2.45, 2.75) is 38.1 Å². The summed E-state index contributed by atoms with van der Waals surface area (Å²) in [5.74, 6) is -0.287. The standard InChI is InChI=1S/C15H21ClFN/c1-3-4-5-6-7-8-15(18-2)13-10-9-12(17)11-14(13)16/h3,9-11,15,18H,1,4-8H2,2H3. The van der Waals surface area contributed by atoms with Crippen LogP contribution in [0.25, 0.3) is 0 Å². The number of hydrogen-bond donors (Lipinski definition) is 1. The third kappa shape index (κ3) is 4.79. The average Bonchev–Trinajstić information content (AvgIpc) is 2.35. The molecule has 1 N–H and O–H groups in total. The molecule has 0 radical (unpaired) electrons. The smallest absolute Gasteiger partial charge is 0.124 e. The normalized spacial score (nSPS) is 12.4. The number of allylic oxidation sites excluding steroid dienone is 1. The maximum Gasteiger partial charge on any atom is 0.124 e. The van der Waals surface area contributed by atoms with E-state index >= 15 is 0 Å². The number of benzene rings is 1. The second-order valence-electron chi connectivity index (χ2n) is 4.43. The van der Waals surface area contributed by atoms with E-state index < -0.39 is 0 Å². The Hall–Kier alpha value is -0.860. The predicted octanol–water partition coefficient (Wildman–Crippen LogP) is 4.88. The van der Waals surface area contributed by atoms with E-state index in [-0.39, 0.29) is 11.9 Å². The van der Waals surface area contributed by atoms with Gasteiger partial charge in [-0.15, -0.1) is 6.58 Å². The molecule has 0 aliphatic heterocycles. The maximum absolute atomic E-state index is 13.0. The average molecular weight is 270 g/mol. The Morgan fingerprint density at radius 2 is 2.17 bits per heavy atom. The fraction of sp³-hybridized carbons (Fsp3) is 0.467. The molecule has 0 bridgehead atoms. The van der Waals surface area contributed by atoms with E-state index in [2.05, 4.69) is 11.9 Å². The van der Waals surface area contributed by atoms with Gasteiger partial charge in [-0.2, -0.15) is 0 Å². The molecule has 0 amide bonds. The topological polar surface area (TPSA) is 12.0 Å².